The minimum Gasteiger partial charge on any atom is -0.358 e. The normalized spacial score (nSPS) is 10.2. The van der Waals surface area contributed by atoms with Crippen molar-refractivity contribution in [3.8, 4) is 0 Å². The van der Waals surface area contributed by atoms with Gasteiger partial charge in [0, 0.05) is 29.8 Å². The van der Waals surface area contributed by atoms with Crippen molar-refractivity contribution in [2.75, 3.05) is 0 Å². The number of rotatable bonds is 2. The van der Waals surface area contributed by atoms with Crippen LogP contribution >= 0.6 is 0 Å². The van der Waals surface area contributed by atoms with Gasteiger partial charge in [-0.3, -0.25) is 6.08 Å². The Labute approximate surface area is 235 Å². The van der Waals surface area contributed by atoms with Crippen molar-refractivity contribution in [1.29, 1.82) is 0 Å². The number of allylic oxidation sites excluding steroid dienone is 4. The monoisotopic (exact) mass is 517 g/mol. The predicted octanol–water partition coefficient (Wildman–Crippen LogP) is 9.97. The summed E-state index contributed by atoms with van der Waals surface area (Å²) < 4.78 is 0. The van der Waals surface area contributed by atoms with Crippen molar-refractivity contribution >= 4 is 8.07 Å². The summed E-state index contributed by atoms with van der Waals surface area (Å²) in [4.78, 5) is 0. The Morgan fingerprint density at radius 1 is 0.629 bits per heavy atom. The van der Waals surface area contributed by atoms with Crippen molar-refractivity contribution in [2.45, 2.75) is 32.1 Å². The Morgan fingerprint density at radius 2 is 0.943 bits per heavy atom. The summed E-state index contributed by atoms with van der Waals surface area (Å²) in [5.74, 6) is 0. The molecule has 0 N–H and O–H groups in total. The molecule has 0 heterocycles. The summed E-state index contributed by atoms with van der Waals surface area (Å²) in [6, 6.07) is 31.0. The molecular formula is C33H45SiTi-7. The molecule has 0 saturated heterocycles. The molecule has 1 aliphatic carbocycles. The summed E-state index contributed by atoms with van der Waals surface area (Å²) in [6.07, 6.45) is 8.56. The molecule has 35 heavy (non-hydrogen) atoms. The molecule has 0 spiro atoms. The van der Waals surface area contributed by atoms with Gasteiger partial charge in [-0.15, -0.1) is 42.8 Å². The van der Waals surface area contributed by atoms with E-state index in [1.54, 1.807) is 5.57 Å². The van der Waals surface area contributed by atoms with Crippen LogP contribution in [0.1, 0.15) is 23.1 Å². The Bertz CT molecular complexity index is 787. The van der Waals surface area contributed by atoms with E-state index in [0.29, 0.717) is 0 Å². The van der Waals surface area contributed by atoms with Gasteiger partial charge in [0.2, 0.25) is 0 Å². The van der Waals surface area contributed by atoms with E-state index in [1.165, 1.54) is 6.04 Å². The molecule has 0 bridgehead atoms. The van der Waals surface area contributed by atoms with Gasteiger partial charge in [-0.1, -0.05) is 43.9 Å². The minimum absolute atomic E-state index is 0. The molecule has 3 aromatic carbocycles. The second-order valence-corrected chi connectivity index (χ2v) is 14.0. The quantitative estimate of drug-likeness (QED) is 0.234. The summed E-state index contributed by atoms with van der Waals surface area (Å²) >= 11 is 0. The predicted molar refractivity (Wildman–Crippen MR) is 161 cm³/mol. The van der Waals surface area contributed by atoms with Gasteiger partial charge in [0.05, 0.1) is 0 Å². The molecule has 2 heteroatoms. The van der Waals surface area contributed by atoms with Crippen LogP contribution in [0.3, 0.4) is 0 Å². The van der Waals surface area contributed by atoms with Crippen LogP contribution in [0, 0.1) is 49.1 Å². The van der Waals surface area contributed by atoms with Crippen molar-refractivity contribution < 1.29 is 21.7 Å². The Balaban J connectivity index is -0.000000178. The van der Waals surface area contributed by atoms with Gasteiger partial charge in [0.1, 0.15) is 0 Å². The molecule has 0 aliphatic heterocycles. The Morgan fingerprint density at radius 3 is 1.11 bits per heavy atom. The fourth-order valence-corrected chi connectivity index (χ4v) is 4.27. The fourth-order valence-electron chi connectivity index (χ4n) is 2.66. The smallest absolute Gasteiger partial charge is 0.0467 e. The van der Waals surface area contributed by atoms with E-state index in [4.69, 9.17) is 0 Å². The van der Waals surface area contributed by atoms with Gasteiger partial charge in [0.15, 0.2) is 0 Å². The molecule has 3 aromatic rings. The van der Waals surface area contributed by atoms with Gasteiger partial charge in [-0.05, 0) is 0 Å². The minimum atomic E-state index is -0.851. The van der Waals surface area contributed by atoms with E-state index < -0.39 is 8.07 Å². The van der Waals surface area contributed by atoms with Gasteiger partial charge in [0.25, 0.3) is 0 Å². The standard InChI is InChI=1S/C9H15Si.3C7H7.3CH3.Ti/c1-10(2,3)8-9-6-4-5-7-9;3*1-7-5-3-2-4-6-7;;;;/h4,6H,7-8H2,1-3H3;3*2-6H,1H2;3*1H3;/q7*-1;. The molecule has 192 valence electrons. The zero-order valence-electron chi connectivity index (χ0n) is 22.9. The average Bonchev–Trinajstić information content (AvgIpc) is 3.23. The van der Waals surface area contributed by atoms with E-state index in [1.807, 2.05) is 91.0 Å². The Kier molecular flexibility index (Phi) is 26.7. The van der Waals surface area contributed by atoms with E-state index in [0.717, 1.165) is 23.1 Å². The summed E-state index contributed by atoms with van der Waals surface area (Å²) in [6.45, 7) is 18.4. The fraction of sp³-hybridized carbons (Fsp3) is 0.152. The second-order valence-electron chi connectivity index (χ2n) is 8.57. The number of benzene rings is 3. The molecule has 0 saturated carbocycles. The molecule has 0 aromatic heterocycles. The van der Waals surface area contributed by atoms with Crippen molar-refractivity contribution in [3.63, 3.8) is 0 Å². The maximum atomic E-state index is 3.72. The van der Waals surface area contributed by atoms with Crippen LogP contribution in [0.4, 0.5) is 0 Å². The molecule has 0 unspecified atom stereocenters. The largest absolute Gasteiger partial charge is 0.358 e. The van der Waals surface area contributed by atoms with Crippen LogP contribution in [-0.2, 0) is 21.7 Å². The maximum Gasteiger partial charge on any atom is 0.0467 e. The van der Waals surface area contributed by atoms with E-state index in [2.05, 4.69) is 58.6 Å². The number of hydrogen-bond acceptors (Lipinski definition) is 0. The molecule has 0 nitrogen and oxygen atoms in total. The third kappa shape index (κ3) is 24.6. The topological polar surface area (TPSA) is 0 Å². The molecule has 4 rings (SSSR count). The first kappa shape index (κ1) is 39.9. The van der Waals surface area contributed by atoms with Crippen LogP contribution in [0.25, 0.3) is 0 Å². The molecule has 0 atom stereocenters. The zero-order valence-corrected chi connectivity index (χ0v) is 25.4. The second kappa shape index (κ2) is 23.4. The molecule has 0 amide bonds. The van der Waals surface area contributed by atoms with E-state index in [-0.39, 0.29) is 44.0 Å². The van der Waals surface area contributed by atoms with Gasteiger partial charge >= 0.3 is 0 Å². The summed E-state index contributed by atoms with van der Waals surface area (Å²) in [7, 11) is -0.851. The first-order valence-electron chi connectivity index (χ1n) is 10.6. The zero-order chi connectivity index (χ0) is 23.0. The maximum absolute atomic E-state index is 3.72. The van der Waals surface area contributed by atoms with Crippen molar-refractivity contribution in [3.05, 3.63) is 175 Å². The number of hydrogen-bond donors (Lipinski definition) is 0. The summed E-state index contributed by atoms with van der Waals surface area (Å²) in [5.41, 5.74) is 4.80. The van der Waals surface area contributed by atoms with E-state index >= 15 is 0 Å². The third-order valence-corrected chi connectivity index (χ3v) is 5.57. The SMILES string of the molecule is C[Si](C)(C)CC1=CC=[C-]C1.[CH2-]c1ccccc1.[CH2-]c1ccccc1.[CH2-]c1ccccc1.[CH3-].[CH3-].[CH3-].[Ti]. The van der Waals surface area contributed by atoms with Crippen molar-refractivity contribution in [2.24, 2.45) is 0 Å². The van der Waals surface area contributed by atoms with Crippen LogP contribution in [0.5, 0.6) is 0 Å². The Hall–Kier alpha value is -2.32. The molecule has 0 fully saturated rings. The molecule has 0 radical (unpaired) electrons. The van der Waals surface area contributed by atoms with Crippen LogP contribution in [0.2, 0.25) is 25.7 Å². The molecular weight excluding hydrogens is 472 g/mol. The average molecular weight is 518 g/mol. The van der Waals surface area contributed by atoms with Crippen molar-refractivity contribution in [1.82, 2.24) is 0 Å². The molecule has 1 aliphatic rings. The third-order valence-electron chi connectivity index (χ3n) is 4.05. The van der Waals surface area contributed by atoms with Crippen LogP contribution in [0.15, 0.2) is 109 Å². The van der Waals surface area contributed by atoms with E-state index in [9.17, 15) is 0 Å². The summed E-state index contributed by atoms with van der Waals surface area (Å²) in [5, 5.41) is 0. The first-order chi connectivity index (χ1) is 14.8. The van der Waals surface area contributed by atoms with Crippen LogP contribution < -0.4 is 0 Å². The van der Waals surface area contributed by atoms with Gasteiger partial charge in [-0.2, -0.15) is 79.4 Å². The van der Waals surface area contributed by atoms with Gasteiger partial charge in [-0.25, -0.2) is 12.2 Å². The van der Waals surface area contributed by atoms with Gasteiger partial charge < -0.3 is 22.3 Å². The van der Waals surface area contributed by atoms with Crippen LogP contribution in [-0.4, -0.2) is 8.07 Å². The first-order valence-corrected chi connectivity index (χ1v) is 14.3.